The van der Waals surface area contributed by atoms with Crippen molar-refractivity contribution in [2.75, 3.05) is 18.4 Å². The van der Waals surface area contributed by atoms with Crippen LogP contribution < -0.4 is 10.6 Å². The molecule has 4 amide bonds. The van der Waals surface area contributed by atoms with Crippen LogP contribution in [-0.4, -0.2) is 65.2 Å². The summed E-state index contributed by atoms with van der Waals surface area (Å²) in [6.07, 6.45) is 4.27. The SMILES string of the molecule is C=NC(=N/C=C(\C)c1ccccc1Cl)N1CCC(CC(=O)Nc2ccc3c(c2)CN(C2CCC(=O)NC2=O)C3=O)CC1. The van der Waals surface area contributed by atoms with Gasteiger partial charge >= 0.3 is 0 Å². The average Bonchev–Trinajstić information content (AvgIpc) is 3.29. The molecule has 2 fully saturated rings. The van der Waals surface area contributed by atoms with Gasteiger partial charge in [0, 0.05) is 54.9 Å². The summed E-state index contributed by atoms with van der Waals surface area (Å²) < 4.78 is 0. The molecule has 0 aliphatic carbocycles. The van der Waals surface area contributed by atoms with Gasteiger partial charge in [-0.15, -0.1) is 0 Å². The van der Waals surface area contributed by atoms with E-state index in [2.05, 4.69) is 32.2 Å². The first kappa shape index (κ1) is 29.2. The van der Waals surface area contributed by atoms with Crippen molar-refractivity contribution in [1.29, 1.82) is 0 Å². The monoisotopic (exact) mass is 588 g/mol. The van der Waals surface area contributed by atoms with Crippen molar-refractivity contribution in [3.8, 4) is 0 Å². The summed E-state index contributed by atoms with van der Waals surface area (Å²) in [6.45, 7) is 7.32. The van der Waals surface area contributed by atoms with E-state index in [1.165, 1.54) is 4.90 Å². The number of anilines is 1. The zero-order valence-corrected chi connectivity index (χ0v) is 24.2. The Morgan fingerprint density at radius 3 is 2.62 bits per heavy atom. The fraction of sp³-hybridized carbons (Fsp3) is 0.355. The summed E-state index contributed by atoms with van der Waals surface area (Å²) in [5.74, 6) is -0.337. The Morgan fingerprint density at radius 1 is 1.14 bits per heavy atom. The number of amides is 4. The number of hydrogen-bond donors (Lipinski definition) is 2. The summed E-state index contributed by atoms with van der Waals surface area (Å²) in [7, 11) is 0. The topological polar surface area (TPSA) is 124 Å². The molecule has 218 valence electrons. The van der Waals surface area contributed by atoms with E-state index in [4.69, 9.17) is 11.6 Å². The molecule has 0 spiro atoms. The number of rotatable bonds is 6. The minimum Gasteiger partial charge on any atom is -0.341 e. The van der Waals surface area contributed by atoms with Crippen LogP contribution in [0.25, 0.3) is 5.57 Å². The van der Waals surface area contributed by atoms with Gasteiger partial charge in [0.25, 0.3) is 5.91 Å². The molecule has 3 aliphatic rings. The third-order valence-corrected chi connectivity index (χ3v) is 8.32. The van der Waals surface area contributed by atoms with E-state index in [0.29, 0.717) is 48.2 Å². The molecule has 0 radical (unpaired) electrons. The van der Waals surface area contributed by atoms with Crippen molar-refractivity contribution in [2.24, 2.45) is 15.9 Å². The van der Waals surface area contributed by atoms with Crippen LogP contribution in [0.4, 0.5) is 5.69 Å². The maximum Gasteiger partial charge on any atom is 0.255 e. The number of benzene rings is 2. The number of halogens is 1. The highest BCUT2D eigenvalue weighted by atomic mass is 35.5. The maximum absolute atomic E-state index is 12.9. The lowest BCUT2D eigenvalue weighted by molar-refractivity contribution is -0.137. The minimum absolute atomic E-state index is 0.0891. The molecule has 0 bridgehead atoms. The number of guanidine groups is 1. The van der Waals surface area contributed by atoms with Gasteiger partial charge in [-0.3, -0.25) is 24.5 Å². The van der Waals surface area contributed by atoms with Crippen LogP contribution in [0.15, 0.2) is 58.6 Å². The van der Waals surface area contributed by atoms with Gasteiger partial charge in [-0.1, -0.05) is 29.8 Å². The lowest BCUT2D eigenvalue weighted by Gasteiger charge is -2.32. The first-order valence-corrected chi connectivity index (χ1v) is 14.4. The van der Waals surface area contributed by atoms with E-state index in [1.807, 2.05) is 31.2 Å². The van der Waals surface area contributed by atoms with Crippen LogP contribution in [0.2, 0.25) is 5.02 Å². The summed E-state index contributed by atoms with van der Waals surface area (Å²) in [6, 6.07) is 12.1. The molecule has 11 heteroatoms. The van der Waals surface area contributed by atoms with Crippen molar-refractivity contribution in [3.05, 3.63) is 70.4 Å². The Bertz CT molecular complexity index is 1490. The van der Waals surface area contributed by atoms with Gasteiger partial charge in [-0.05, 0) is 79.8 Å². The molecule has 2 aromatic carbocycles. The van der Waals surface area contributed by atoms with Crippen molar-refractivity contribution >= 4 is 59.2 Å². The van der Waals surface area contributed by atoms with Gasteiger partial charge < -0.3 is 15.1 Å². The highest BCUT2D eigenvalue weighted by Crippen LogP contribution is 2.30. The number of aliphatic imine (C=N–C) groups is 2. The number of carbonyl (C=O) groups is 4. The Morgan fingerprint density at radius 2 is 1.90 bits per heavy atom. The highest BCUT2D eigenvalue weighted by molar-refractivity contribution is 6.32. The smallest absolute Gasteiger partial charge is 0.255 e. The van der Waals surface area contributed by atoms with Crippen LogP contribution in [0.5, 0.6) is 0 Å². The molecule has 42 heavy (non-hydrogen) atoms. The van der Waals surface area contributed by atoms with E-state index in [9.17, 15) is 19.2 Å². The molecule has 2 N–H and O–H groups in total. The van der Waals surface area contributed by atoms with Gasteiger partial charge in [-0.25, -0.2) is 9.98 Å². The lowest BCUT2D eigenvalue weighted by Crippen LogP contribution is -2.52. The van der Waals surface area contributed by atoms with Crippen LogP contribution in [0.3, 0.4) is 0 Å². The molecule has 5 rings (SSSR count). The zero-order chi connectivity index (χ0) is 29.8. The summed E-state index contributed by atoms with van der Waals surface area (Å²) in [4.78, 5) is 61.8. The molecular weight excluding hydrogens is 556 g/mol. The van der Waals surface area contributed by atoms with Gasteiger partial charge in [0.15, 0.2) is 0 Å². The highest BCUT2D eigenvalue weighted by Gasteiger charge is 2.39. The number of likely N-dealkylation sites (tertiary alicyclic amines) is 1. The van der Waals surface area contributed by atoms with Gasteiger partial charge in [0.1, 0.15) is 6.04 Å². The maximum atomic E-state index is 12.9. The number of hydrogen-bond acceptors (Lipinski definition) is 5. The normalized spacial score (nSPS) is 20.0. The molecule has 3 heterocycles. The molecule has 2 saturated heterocycles. The van der Waals surface area contributed by atoms with Crippen LogP contribution in [-0.2, 0) is 20.9 Å². The third-order valence-electron chi connectivity index (χ3n) is 7.99. The Kier molecular flexibility index (Phi) is 8.82. The molecule has 2 aromatic rings. The fourth-order valence-corrected chi connectivity index (χ4v) is 5.98. The summed E-state index contributed by atoms with van der Waals surface area (Å²) in [5, 5.41) is 5.93. The number of nitrogens with one attached hydrogen (secondary N) is 2. The van der Waals surface area contributed by atoms with Crippen LogP contribution in [0.1, 0.15) is 60.5 Å². The number of fused-ring (bicyclic) bond motifs is 1. The lowest BCUT2D eigenvalue weighted by atomic mass is 9.93. The predicted molar refractivity (Wildman–Crippen MR) is 162 cm³/mol. The number of carbonyl (C=O) groups excluding carboxylic acids is 4. The molecule has 3 aliphatic heterocycles. The molecular formula is C31H33ClN6O4. The van der Waals surface area contributed by atoms with Crippen LogP contribution in [0, 0.1) is 5.92 Å². The Balaban J connectivity index is 1.13. The van der Waals surface area contributed by atoms with Crippen molar-refractivity contribution in [3.63, 3.8) is 0 Å². The number of nitrogens with zero attached hydrogens (tertiary/aromatic N) is 4. The second-order valence-corrected chi connectivity index (χ2v) is 11.2. The number of imide groups is 1. The minimum atomic E-state index is -0.671. The number of allylic oxidation sites excluding steroid dienone is 1. The fourth-order valence-electron chi connectivity index (χ4n) is 5.69. The van der Waals surface area contributed by atoms with Gasteiger partial charge in [-0.2, -0.15) is 0 Å². The summed E-state index contributed by atoms with van der Waals surface area (Å²) in [5.41, 5.74) is 3.71. The van der Waals surface area contributed by atoms with Crippen molar-refractivity contribution in [1.82, 2.24) is 15.1 Å². The van der Waals surface area contributed by atoms with E-state index in [-0.39, 0.29) is 36.6 Å². The van der Waals surface area contributed by atoms with E-state index in [1.54, 1.807) is 24.4 Å². The zero-order valence-electron chi connectivity index (χ0n) is 23.4. The average molecular weight is 589 g/mol. The second-order valence-electron chi connectivity index (χ2n) is 10.8. The largest absolute Gasteiger partial charge is 0.341 e. The predicted octanol–water partition coefficient (Wildman–Crippen LogP) is 4.26. The quantitative estimate of drug-likeness (QED) is 0.296. The van der Waals surface area contributed by atoms with Crippen molar-refractivity contribution < 1.29 is 19.2 Å². The molecule has 10 nitrogen and oxygen atoms in total. The van der Waals surface area contributed by atoms with Gasteiger partial charge in [0.2, 0.25) is 23.7 Å². The van der Waals surface area contributed by atoms with E-state index < -0.39 is 11.9 Å². The van der Waals surface area contributed by atoms with Gasteiger partial charge in [0.05, 0.1) is 0 Å². The molecule has 0 saturated carbocycles. The van der Waals surface area contributed by atoms with Crippen LogP contribution >= 0.6 is 11.6 Å². The molecule has 1 unspecified atom stereocenters. The van der Waals surface area contributed by atoms with Crippen molar-refractivity contribution in [2.45, 2.75) is 51.6 Å². The third kappa shape index (κ3) is 6.44. The first-order chi connectivity index (χ1) is 20.2. The second kappa shape index (κ2) is 12.7. The standard InChI is InChI=1S/C31H33ClN6O4/c1-19(23-5-3-4-6-25(23)32)17-34-31(33-2)37-13-11-20(12-14-37)15-28(40)35-22-7-8-24-21(16-22)18-38(30(24)42)26-9-10-27(39)36-29(26)41/h3-8,16-17,20,26H,2,9-15,18H2,1H3,(H,35,40)(H,36,39,41)/b19-17+,34-31?. The summed E-state index contributed by atoms with van der Waals surface area (Å²) >= 11 is 6.29. The van der Waals surface area contributed by atoms with E-state index >= 15 is 0 Å². The Hall–Kier alpha value is -4.31. The Labute approximate surface area is 249 Å². The van der Waals surface area contributed by atoms with E-state index in [0.717, 1.165) is 29.5 Å². The molecule has 0 aromatic heterocycles. The first-order valence-electron chi connectivity index (χ1n) is 14.0. The molecule has 1 atom stereocenters. The number of piperidine rings is 2.